The monoisotopic (exact) mass is 458 g/mol. The first kappa shape index (κ1) is 23.0. The summed E-state index contributed by atoms with van der Waals surface area (Å²) in [4.78, 5) is 10.3. The van der Waals surface area contributed by atoms with Crippen LogP contribution in [0.25, 0.3) is 0 Å². The first-order chi connectivity index (χ1) is 15.3. The van der Waals surface area contributed by atoms with Gasteiger partial charge in [-0.05, 0) is 36.4 Å². The molecule has 0 aliphatic rings. The lowest BCUT2D eigenvalue weighted by atomic mass is 10.2. The molecule has 0 spiro atoms. The zero-order chi connectivity index (χ0) is 23.1. The number of nitro benzene ring substituents is 1. The molecule has 10 heteroatoms. The van der Waals surface area contributed by atoms with Gasteiger partial charge in [0.05, 0.1) is 29.2 Å². The van der Waals surface area contributed by atoms with Gasteiger partial charge in [-0.25, -0.2) is 8.42 Å². The van der Waals surface area contributed by atoms with E-state index in [2.05, 4.69) is 0 Å². The van der Waals surface area contributed by atoms with E-state index in [-0.39, 0.29) is 29.4 Å². The van der Waals surface area contributed by atoms with Crippen LogP contribution in [-0.4, -0.2) is 44.8 Å². The van der Waals surface area contributed by atoms with Crippen molar-refractivity contribution in [2.75, 3.05) is 24.6 Å². The molecule has 0 unspecified atom stereocenters. The van der Waals surface area contributed by atoms with Crippen LogP contribution in [0.3, 0.4) is 0 Å². The molecule has 0 saturated carbocycles. The Balaban J connectivity index is 1.83. The third-order valence-corrected chi connectivity index (χ3v) is 6.35. The van der Waals surface area contributed by atoms with Crippen LogP contribution in [0.5, 0.6) is 11.5 Å². The van der Waals surface area contributed by atoms with E-state index >= 15 is 0 Å². The number of benzene rings is 3. The molecular formula is C22H22N2O7S. The number of para-hydroxylation sites is 2. The third kappa shape index (κ3) is 5.34. The van der Waals surface area contributed by atoms with Crippen LogP contribution < -0.4 is 13.8 Å². The first-order valence-corrected chi connectivity index (χ1v) is 11.0. The zero-order valence-corrected chi connectivity index (χ0v) is 18.0. The fourth-order valence-electron chi connectivity index (χ4n) is 2.98. The van der Waals surface area contributed by atoms with Crippen molar-refractivity contribution < 1.29 is 27.9 Å². The fourth-order valence-corrected chi connectivity index (χ4v) is 4.52. The molecule has 0 aliphatic heterocycles. The lowest BCUT2D eigenvalue weighted by Gasteiger charge is -2.28. The summed E-state index contributed by atoms with van der Waals surface area (Å²) in [5.41, 5.74) is 0.183. The molecule has 0 heterocycles. The van der Waals surface area contributed by atoms with Crippen molar-refractivity contribution in [3.8, 4) is 11.5 Å². The van der Waals surface area contributed by atoms with Crippen molar-refractivity contribution in [2.24, 2.45) is 0 Å². The van der Waals surface area contributed by atoms with Gasteiger partial charge in [0.1, 0.15) is 24.2 Å². The van der Waals surface area contributed by atoms with E-state index < -0.39 is 21.1 Å². The van der Waals surface area contributed by atoms with Crippen LogP contribution in [0.15, 0.2) is 83.8 Å². The van der Waals surface area contributed by atoms with E-state index in [0.29, 0.717) is 11.5 Å². The summed E-state index contributed by atoms with van der Waals surface area (Å²) < 4.78 is 38.6. The maximum Gasteiger partial charge on any atom is 0.269 e. The highest BCUT2D eigenvalue weighted by atomic mass is 32.2. The number of aliphatic hydroxyl groups is 1. The largest absolute Gasteiger partial charge is 0.495 e. The zero-order valence-electron chi connectivity index (χ0n) is 17.2. The highest BCUT2D eigenvalue weighted by Crippen LogP contribution is 2.32. The molecule has 9 nitrogen and oxygen atoms in total. The van der Waals surface area contributed by atoms with E-state index in [1.54, 1.807) is 42.5 Å². The van der Waals surface area contributed by atoms with Gasteiger partial charge in [-0.1, -0.05) is 30.3 Å². The number of hydrogen-bond acceptors (Lipinski definition) is 7. The molecule has 1 N–H and O–H groups in total. The van der Waals surface area contributed by atoms with Crippen molar-refractivity contribution in [1.29, 1.82) is 0 Å². The van der Waals surface area contributed by atoms with Crippen LogP contribution >= 0.6 is 0 Å². The van der Waals surface area contributed by atoms with E-state index in [9.17, 15) is 23.6 Å². The summed E-state index contributed by atoms with van der Waals surface area (Å²) >= 11 is 0. The number of nitro groups is 1. The van der Waals surface area contributed by atoms with Crippen molar-refractivity contribution in [3.63, 3.8) is 0 Å². The minimum absolute atomic E-state index is 0.0643. The smallest absolute Gasteiger partial charge is 0.269 e. The average molecular weight is 458 g/mol. The summed E-state index contributed by atoms with van der Waals surface area (Å²) in [6.45, 7) is -0.529. The second-order valence-electron chi connectivity index (χ2n) is 6.74. The van der Waals surface area contributed by atoms with Crippen molar-refractivity contribution in [2.45, 2.75) is 11.0 Å². The van der Waals surface area contributed by atoms with Gasteiger partial charge in [0.15, 0.2) is 0 Å². The fraction of sp³-hybridized carbons (Fsp3) is 0.182. The number of aliphatic hydroxyl groups excluding tert-OH is 1. The lowest BCUT2D eigenvalue weighted by molar-refractivity contribution is -0.384. The van der Waals surface area contributed by atoms with E-state index in [1.165, 1.54) is 43.5 Å². The number of hydrogen-bond donors (Lipinski definition) is 1. The Hall–Kier alpha value is -3.63. The summed E-state index contributed by atoms with van der Waals surface area (Å²) in [6.07, 6.45) is -1.20. The number of ether oxygens (including phenoxy) is 2. The topological polar surface area (TPSA) is 119 Å². The molecule has 0 aromatic heterocycles. The Kier molecular flexibility index (Phi) is 7.29. The number of rotatable bonds is 10. The maximum absolute atomic E-state index is 13.4. The molecule has 0 aliphatic carbocycles. The van der Waals surface area contributed by atoms with E-state index in [0.717, 1.165) is 4.31 Å². The molecular weight excluding hydrogens is 436 g/mol. The second kappa shape index (κ2) is 10.1. The molecule has 3 aromatic carbocycles. The summed E-state index contributed by atoms with van der Waals surface area (Å²) in [7, 11) is -2.59. The highest BCUT2D eigenvalue weighted by Gasteiger charge is 2.29. The quantitative estimate of drug-likeness (QED) is 0.366. The van der Waals surface area contributed by atoms with Crippen LogP contribution in [0.1, 0.15) is 0 Å². The van der Waals surface area contributed by atoms with Gasteiger partial charge in [0, 0.05) is 12.1 Å². The standard InChI is InChI=1S/C22H22N2O7S/c1-30-22-10-6-5-9-21(22)23(32(28,29)20-7-3-2-4-8-20)15-18(25)16-31-19-13-11-17(12-14-19)24(26)27/h2-14,18,25H,15-16H2,1H3/t18-/m1/s1. The summed E-state index contributed by atoms with van der Waals surface area (Å²) in [5.74, 6) is 0.639. The van der Waals surface area contributed by atoms with E-state index in [4.69, 9.17) is 9.47 Å². The Morgan fingerprint density at radius 1 is 1.00 bits per heavy atom. The minimum Gasteiger partial charge on any atom is -0.495 e. The van der Waals surface area contributed by atoms with Crippen LogP contribution in [-0.2, 0) is 10.0 Å². The molecule has 168 valence electrons. The molecule has 0 saturated heterocycles. The van der Waals surface area contributed by atoms with Crippen molar-refractivity contribution >= 4 is 21.4 Å². The molecule has 0 bridgehead atoms. The molecule has 0 amide bonds. The molecule has 32 heavy (non-hydrogen) atoms. The average Bonchev–Trinajstić information content (AvgIpc) is 2.82. The van der Waals surface area contributed by atoms with Gasteiger partial charge < -0.3 is 14.6 Å². The Bertz CT molecular complexity index is 1150. The molecule has 1 atom stereocenters. The van der Waals surface area contributed by atoms with Gasteiger partial charge >= 0.3 is 0 Å². The SMILES string of the molecule is COc1ccccc1N(C[C@@H](O)COc1ccc([N+](=O)[O-])cc1)S(=O)(=O)c1ccccc1. The van der Waals surface area contributed by atoms with Crippen LogP contribution in [0.2, 0.25) is 0 Å². The number of nitrogens with zero attached hydrogens (tertiary/aromatic N) is 2. The van der Waals surface area contributed by atoms with Crippen molar-refractivity contribution in [3.05, 3.63) is 89.0 Å². The van der Waals surface area contributed by atoms with Gasteiger partial charge in [0.2, 0.25) is 0 Å². The molecule has 3 aromatic rings. The van der Waals surface area contributed by atoms with E-state index in [1.807, 2.05) is 0 Å². The first-order valence-electron chi connectivity index (χ1n) is 9.59. The Morgan fingerprint density at radius 3 is 2.25 bits per heavy atom. The Labute approximate surface area is 185 Å². The predicted molar refractivity (Wildman–Crippen MR) is 119 cm³/mol. The summed E-state index contributed by atoms with van der Waals surface area (Å²) in [6, 6.07) is 19.8. The van der Waals surface area contributed by atoms with Crippen molar-refractivity contribution in [1.82, 2.24) is 0 Å². The number of anilines is 1. The highest BCUT2D eigenvalue weighted by molar-refractivity contribution is 7.92. The molecule has 3 rings (SSSR count). The second-order valence-corrected chi connectivity index (χ2v) is 8.60. The number of sulfonamides is 1. The van der Waals surface area contributed by atoms with Crippen LogP contribution in [0.4, 0.5) is 11.4 Å². The van der Waals surface area contributed by atoms with Gasteiger partial charge in [-0.3, -0.25) is 14.4 Å². The van der Waals surface area contributed by atoms with Gasteiger partial charge in [-0.15, -0.1) is 0 Å². The third-order valence-electron chi connectivity index (χ3n) is 4.55. The normalized spacial score (nSPS) is 12.1. The maximum atomic E-state index is 13.4. The molecule has 0 fully saturated rings. The minimum atomic E-state index is -4.02. The van der Waals surface area contributed by atoms with Gasteiger partial charge in [-0.2, -0.15) is 0 Å². The number of methoxy groups -OCH3 is 1. The predicted octanol–water partition coefficient (Wildman–Crippen LogP) is 3.24. The summed E-state index contributed by atoms with van der Waals surface area (Å²) in [5, 5.41) is 21.3. The number of non-ortho nitro benzene ring substituents is 1. The molecule has 0 radical (unpaired) electrons. The van der Waals surface area contributed by atoms with Crippen LogP contribution in [0, 0.1) is 10.1 Å². The lowest BCUT2D eigenvalue weighted by Crippen LogP contribution is -2.40. The Morgan fingerprint density at radius 2 is 1.62 bits per heavy atom. The van der Waals surface area contributed by atoms with Gasteiger partial charge in [0.25, 0.3) is 15.7 Å².